The minimum atomic E-state index is -1.45. The van der Waals surface area contributed by atoms with E-state index in [1.807, 2.05) is 6.07 Å². The van der Waals surface area contributed by atoms with E-state index in [2.05, 4.69) is 6.58 Å². The Hall–Kier alpha value is -4.26. The van der Waals surface area contributed by atoms with Gasteiger partial charge in [-0.15, -0.1) is 0 Å². The number of rotatable bonds is 7. The van der Waals surface area contributed by atoms with Crippen LogP contribution in [0.25, 0.3) is 0 Å². The van der Waals surface area contributed by atoms with Gasteiger partial charge in [-0.1, -0.05) is 67.2 Å². The summed E-state index contributed by atoms with van der Waals surface area (Å²) in [6.45, 7) is 5.82. The number of non-ortho nitro benzene ring substituents is 1. The molecular weight excluding hydrogens is 422 g/mol. The van der Waals surface area contributed by atoms with Gasteiger partial charge in [0.15, 0.2) is 0 Å². The molecule has 1 heterocycles. The van der Waals surface area contributed by atoms with Crippen LogP contribution in [0.2, 0.25) is 0 Å². The molecule has 1 aliphatic heterocycles. The number of hydrogen-bond acceptors (Lipinski definition) is 6. The summed E-state index contributed by atoms with van der Waals surface area (Å²) in [5, 5.41) is 11.2. The first-order valence-corrected chi connectivity index (χ1v) is 10.4. The van der Waals surface area contributed by atoms with E-state index in [-0.39, 0.29) is 17.9 Å². The van der Waals surface area contributed by atoms with E-state index in [1.165, 1.54) is 24.3 Å². The maximum Gasteiger partial charge on any atom is 0.334 e. The summed E-state index contributed by atoms with van der Waals surface area (Å²) < 4.78 is 10.9. The summed E-state index contributed by atoms with van der Waals surface area (Å²) in [5.41, 5.74) is 0.170. The molecule has 3 aromatic carbocycles. The fraction of sp³-hybridized carbons (Fsp3) is 0.154. The predicted octanol–water partition coefficient (Wildman–Crippen LogP) is 4.70. The van der Waals surface area contributed by atoms with Crippen LogP contribution < -0.4 is 4.74 Å². The first-order chi connectivity index (χ1) is 15.9. The number of nitro groups is 1. The molecule has 0 bridgehead atoms. The molecule has 0 spiro atoms. The molecule has 0 aromatic heterocycles. The van der Waals surface area contributed by atoms with Gasteiger partial charge in [0.2, 0.25) is 0 Å². The summed E-state index contributed by atoms with van der Waals surface area (Å²) in [5.74, 6) is -1.78. The van der Waals surface area contributed by atoms with E-state index >= 15 is 0 Å². The Morgan fingerprint density at radius 3 is 2.33 bits per heavy atom. The number of esters is 2. The second kappa shape index (κ2) is 8.70. The summed E-state index contributed by atoms with van der Waals surface area (Å²) in [7, 11) is 0. The average Bonchev–Trinajstić information content (AvgIpc) is 3.12. The second-order valence-electron chi connectivity index (χ2n) is 7.59. The lowest BCUT2D eigenvalue weighted by molar-refractivity contribution is -0.384. The number of hydrogen-bond donors (Lipinski definition) is 0. The molecule has 7 nitrogen and oxygen atoms in total. The molecule has 0 amide bonds. The van der Waals surface area contributed by atoms with Gasteiger partial charge in [-0.2, -0.15) is 0 Å². The lowest BCUT2D eigenvalue weighted by atomic mass is 9.62. The van der Waals surface area contributed by atoms with Crippen molar-refractivity contribution in [1.29, 1.82) is 0 Å². The maximum atomic E-state index is 13.7. The molecule has 0 fully saturated rings. The highest BCUT2D eigenvalue weighted by atomic mass is 16.6. The summed E-state index contributed by atoms with van der Waals surface area (Å²) in [4.78, 5) is 37.3. The van der Waals surface area contributed by atoms with Crippen molar-refractivity contribution in [2.75, 3.05) is 6.61 Å². The average molecular weight is 443 g/mol. The van der Waals surface area contributed by atoms with Crippen molar-refractivity contribution in [3.63, 3.8) is 0 Å². The fourth-order valence-electron chi connectivity index (χ4n) is 4.43. The number of ether oxygens (including phenoxy) is 2. The van der Waals surface area contributed by atoms with Crippen molar-refractivity contribution in [3.05, 3.63) is 118 Å². The van der Waals surface area contributed by atoms with Crippen LogP contribution in [0.15, 0.2) is 91.0 Å². The third-order valence-electron chi connectivity index (χ3n) is 5.82. The van der Waals surface area contributed by atoms with Crippen LogP contribution >= 0.6 is 0 Å². The van der Waals surface area contributed by atoms with E-state index in [9.17, 15) is 19.7 Å². The number of fused-ring (bicyclic) bond motifs is 1. The number of carbonyl (C=O) groups excluding carboxylic acids is 2. The summed E-state index contributed by atoms with van der Waals surface area (Å²) in [6.07, 6.45) is 0. The molecule has 0 saturated heterocycles. The Bertz CT molecular complexity index is 1240. The topological polar surface area (TPSA) is 95.7 Å². The molecule has 166 valence electrons. The monoisotopic (exact) mass is 443 g/mol. The van der Waals surface area contributed by atoms with E-state index in [0.29, 0.717) is 22.4 Å². The van der Waals surface area contributed by atoms with E-state index in [0.717, 1.165) is 0 Å². The third kappa shape index (κ3) is 3.57. The first kappa shape index (κ1) is 22.0. The van der Waals surface area contributed by atoms with E-state index in [1.54, 1.807) is 55.5 Å². The van der Waals surface area contributed by atoms with Gasteiger partial charge in [-0.05, 0) is 24.1 Å². The first-order valence-electron chi connectivity index (χ1n) is 10.4. The molecule has 0 N–H and O–H groups in total. The Morgan fingerprint density at radius 1 is 1.06 bits per heavy atom. The molecule has 7 heteroatoms. The van der Waals surface area contributed by atoms with Gasteiger partial charge in [0.1, 0.15) is 11.2 Å². The lowest BCUT2D eigenvalue weighted by Crippen LogP contribution is -2.43. The Kier molecular flexibility index (Phi) is 5.79. The van der Waals surface area contributed by atoms with E-state index in [4.69, 9.17) is 9.47 Å². The number of para-hydroxylation sites is 1. The van der Waals surface area contributed by atoms with Gasteiger partial charge >= 0.3 is 11.9 Å². The van der Waals surface area contributed by atoms with Crippen LogP contribution in [-0.2, 0) is 19.7 Å². The highest BCUT2D eigenvalue weighted by molar-refractivity contribution is 6.00. The molecule has 4 rings (SSSR count). The number of nitro benzene ring substituents is 1. The molecule has 0 aliphatic carbocycles. The van der Waals surface area contributed by atoms with Gasteiger partial charge in [-0.25, -0.2) is 4.79 Å². The zero-order valence-corrected chi connectivity index (χ0v) is 17.9. The molecule has 2 atom stereocenters. The standard InChI is InChI=1S/C26H21NO6/c1-3-32-24(28)17(2)23(18-13-15-20(16-14-18)27(30)31)26(19-9-5-4-6-10-19)21-11-7-8-12-22(21)33-25(26)29/h4-16,23H,2-3H2,1H3/t23-,26+/m1/s1. The van der Waals surface area contributed by atoms with Crippen molar-refractivity contribution in [2.45, 2.75) is 18.3 Å². The minimum absolute atomic E-state index is 0.0446. The highest BCUT2D eigenvalue weighted by Gasteiger charge is 2.57. The third-order valence-corrected chi connectivity index (χ3v) is 5.82. The van der Waals surface area contributed by atoms with Crippen LogP contribution in [0.1, 0.15) is 29.5 Å². The van der Waals surface area contributed by atoms with Gasteiger partial charge in [0.25, 0.3) is 5.69 Å². The van der Waals surface area contributed by atoms with E-state index < -0.39 is 28.2 Å². The second-order valence-corrected chi connectivity index (χ2v) is 7.59. The molecule has 0 unspecified atom stereocenters. The molecule has 1 aliphatic rings. The van der Waals surface area contributed by atoms with Crippen molar-refractivity contribution >= 4 is 17.6 Å². The van der Waals surface area contributed by atoms with Crippen molar-refractivity contribution in [3.8, 4) is 5.75 Å². The Labute approximate surface area is 190 Å². The molecule has 0 radical (unpaired) electrons. The number of carbonyl (C=O) groups is 2. The van der Waals surface area contributed by atoms with Crippen LogP contribution in [-0.4, -0.2) is 23.5 Å². The van der Waals surface area contributed by atoms with Gasteiger partial charge in [-0.3, -0.25) is 14.9 Å². The molecular formula is C26H21NO6. The molecule has 33 heavy (non-hydrogen) atoms. The molecule has 0 saturated carbocycles. The Balaban J connectivity index is 2.03. The van der Waals surface area contributed by atoms with Gasteiger partial charge < -0.3 is 9.47 Å². The largest absolute Gasteiger partial charge is 0.463 e. The van der Waals surface area contributed by atoms with Gasteiger partial charge in [0, 0.05) is 29.2 Å². The highest BCUT2D eigenvalue weighted by Crippen LogP contribution is 2.55. The number of nitrogens with zero attached hydrogens (tertiary/aromatic N) is 1. The quantitative estimate of drug-likeness (QED) is 0.173. The minimum Gasteiger partial charge on any atom is -0.463 e. The predicted molar refractivity (Wildman–Crippen MR) is 121 cm³/mol. The van der Waals surface area contributed by atoms with Crippen LogP contribution in [0, 0.1) is 10.1 Å². The molecule has 3 aromatic rings. The van der Waals surface area contributed by atoms with Crippen molar-refractivity contribution < 1.29 is 24.0 Å². The lowest BCUT2D eigenvalue weighted by Gasteiger charge is -2.36. The zero-order valence-electron chi connectivity index (χ0n) is 17.9. The normalized spacial score (nSPS) is 17.5. The van der Waals surface area contributed by atoms with Gasteiger partial charge in [0.05, 0.1) is 11.5 Å². The summed E-state index contributed by atoms with van der Waals surface area (Å²) in [6, 6.07) is 21.8. The van der Waals surface area contributed by atoms with Crippen LogP contribution in [0.3, 0.4) is 0 Å². The zero-order chi connectivity index (χ0) is 23.6. The maximum absolute atomic E-state index is 13.7. The van der Waals surface area contributed by atoms with Crippen LogP contribution in [0.4, 0.5) is 5.69 Å². The van der Waals surface area contributed by atoms with Crippen LogP contribution in [0.5, 0.6) is 5.75 Å². The van der Waals surface area contributed by atoms with Crippen molar-refractivity contribution in [1.82, 2.24) is 0 Å². The summed E-state index contributed by atoms with van der Waals surface area (Å²) >= 11 is 0. The Morgan fingerprint density at radius 2 is 1.70 bits per heavy atom. The fourth-order valence-corrected chi connectivity index (χ4v) is 4.43. The number of benzene rings is 3. The van der Waals surface area contributed by atoms with Crippen molar-refractivity contribution in [2.24, 2.45) is 0 Å². The SMILES string of the molecule is C=C(C(=O)OCC)[C@H](c1ccc([N+](=O)[O-])cc1)[C@@]1(c2ccccc2)C(=O)Oc2ccccc21. The smallest absolute Gasteiger partial charge is 0.334 e.